The molecule has 6 nitrogen and oxygen atoms in total. The first kappa shape index (κ1) is 13.3. The fourth-order valence-corrected chi connectivity index (χ4v) is 2.62. The lowest BCUT2D eigenvalue weighted by molar-refractivity contribution is -0.157. The first-order valence-corrected chi connectivity index (χ1v) is 6.36. The summed E-state index contributed by atoms with van der Waals surface area (Å²) in [5.41, 5.74) is -0.342. The first-order valence-electron chi connectivity index (χ1n) is 6.36. The van der Waals surface area contributed by atoms with Gasteiger partial charge in [0.1, 0.15) is 6.04 Å². The second-order valence-electron chi connectivity index (χ2n) is 5.06. The molecule has 1 saturated heterocycles. The van der Waals surface area contributed by atoms with Crippen LogP contribution in [0.5, 0.6) is 0 Å². The van der Waals surface area contributed by atoms with E-state index in [2.05, 4.69) is 5.32 Å². The highest BCUT2D eigenvalue weighted by atomic mass is 16.5. The number of nitrogens with zero attached hydrogens (tertiary/aromatic N) is 1. The Morgan fingerprint density at radius 3 is 2.72 bits per heavy atom. The number of carboxylic acid groups (broad SMARTS) is 1. The number of carbonyl (C=O) groups excluding carboxylic acids is 1. The van der Waals surface area contributed by atoms with Gasteiger partial charge in [0.25, 0.3) is 0 Å². The molecule has 1 heterocycles. The minimum atomic E-state index is -0.948. The number of piperazine rings is 1. The predicted molar refractivity (Wildman–Crippen MR) is 64.2 cm³/mol. The summed E-state index contributed by atoms with van der Waals surface area (Å²) in [7, 11) is 1.62. The van der Waals surface area contributed by atoms with Crippen molar-refractivity contribution in [1.29, 1.82) is 0 Å². The number of amides is 1. The van der Waals surface area contributed by atoms with Gasteiger partial charge < -0.3 is 20.1 Å². The van der Waals surface area contributed by atoms with Crippen LogP contribution in [0.15, 0.2) is 0 Å². The number of hydrogen-bond acceptors (Lipinski definition) is 4. The number of methoxy groups -OCH3 is 1. The van der Waals surface area contributed by atoms with E-state index in [4.69, 9.17) is 9.84 Å². The maximum atomic E-state index is 12.2. The van der Waals surface area contributed by atoms with E-state index in [1.54, 1.807) is 7.11 Å². The van der Waals surface area contributed by atoms with Crippen molar-refractivity contribution in [2.45, 2.75) is 37.3 Å². The van der Waals surface area contributed by atoms with Crippen LogP contribution < -0.4 is 5.32 Å². The molecule has 0 radical (unpaired) electrons. The Bertz CT molecular complexity index is 335. The van der Waals surface area contributed by atoms with Gasteiger partial charge in [0.05, 0.1) is 12.0 Å². The highest BCUT2D eigenvalue weighted by molar-refractivity contribution is 5.84. The lowest BCUT2D eigenvalue weighted by Gasteiger charge is -2.42. The van der Waals surface area contributed by atoms with Gasteiger partial charge in [0.2, 0.25) is 5.91 Å². The van der Waals surface area contributed by atoms with Crippen molar-refractivity contribution in [1.82, 2.24) is 10.2 Å². The van der Waals surface area contributed by atoms with Crippen molar-refractivity contribution in [3.05, 3.63) is 0 Å². The van der Waals surface area contributed by atoms with Crippen LogP contribution in [0.1, 0.15) is 25.7 Å². The van der Waals surface area contributed by atoms with E-state index in [0.717, 1.165) is 19.3 Å². The number of rotatable bonds is 4. The van der Waals surface area contributed by atoms with Gasteiger partial charge in [-0.2, -0.15) is 0 Å². The molecule has 2 N–H and O–H groups in total. The molecule has 1 aliphatic carbocycles. The second kappa shape index (κ2) is 5.24. The van der Waals surface area contributed by atoms with E-state index in [1.165, 1.54) is 4.90 Å². The van der Waals surface area contributed by atoms with Gasteiger partial charge >= 0.3 is 5.97 Å². The summed E-state index contributed by atoms with van der Waals surface area (Å²) in [4.78, 5) is 24.8. The van der Waals surface area contributed by atoms with Crippen LogP contribution in [0, 0.1) is 0 Å². The van der Waals surface area contributed by atoms with Crippen molar-refractivity contribution >= 4 is 11.9 Å². The fraction of sp³-hybridized carbons (Fsp3) is 0.833. The summed E-state index contributed by atoms with van der Waals surface area (Å²) in [5.74, 6) is -1.05. The third kappa shape index (κ3) is 2.49. The van der Waals surface area contributed by atoms with Crippen LogP contribution in [0.25, 0.3) is 0 Å². The lowest BCUT2D eigenvalue weighted by atomic mass is 9.77. The molecule has 2 rings (SSSR count). The number of carboxylic acids is 1. The Morgan fingerprint density at radius 1 is 1.50 bits per heavy atom. The maximum absolute atomic E-state index is 12.2. The Hall–Kier alpha value is -1.14. The molecule has 2 fully saturated rings. The van der Waals surface area contributed by atoms with Crippen LogP contribution in [0.4, 0.5) is 0 Å². The predicted octanol–water partition coefficient (Wildman–Crippen LogP) is -0.169. The summed E-state index contributed by atoms with van der Waals surface area (Å²) in [6.45, 7) is 1.42. The monoisotopic (exact) mass is 256 g/mol. The van der Waals surface area contributed by atoms with E-state index in [1.807, 2.05) is 0 Å². The van der Waals surface area contributed by atoms with E-state index < -0.39 is 12.0 Å². The Labute approximate surface area is 106 Å². The third-order valence-electron chi connectivity index (χ3n) is 4.02. The minimum absolute atomic E-state index is 0.106. The zero-order valence-electron chi connectivity index (χ0n) is 10.6. The standard InChI is InChI=1S/C12H20N2O4/c1-18-12(3-2-4-12)7-10(15)14-6-5-13-8-9(14)11(16)17/h9,13H,2-8H2,1H3,(H,16,17). The molecule has 1 amide bonds. The highest BCUT2D eigenvalue weighted by Crippen LogP contribution is 2.38. The van der Waals surface area contributed by atoms with Crippen LogP contribution in [0.3, 0.4) is 0 Å². The normalized spacial score (nSPS) is 26.5. The molecule has 0 spiro atoms. The summed E-state index contributed by atoms with van der Waals surface area (Å²) < 4.78 is 5.42. The molecule has 18 heavy (non-hydrogen) atoms. The average molecular weight is 256 g/mol. The molecule has 1 saturated carbocycles. The van der Waals surface area contributed by atoms with E-state index >= 15 is 0 Å². The van der Waals surface area contributed by atoms with Gasteiger partial charge in [0.15, 0.2) is 0 Å². The number of hydrogen-bond donors (Lipinski definition) is 2. The van der Waals surface area contributed by atoms with Gasteiger partial charge in [-0.25, -0.2) is 4.79 Å². The summed E-state index contributed by atoms with van der Waals surface area (Å²) in [6, 6.07) is -0.750. The molecule has 0 bridgehead atoms. The van der Waals surface area contributed by atoms with Crippen LogP contribution in [0.2, 0.25) is 0 Å². The molecule has 0 aromatic heterocycles. The van der Waals surface area contributed by atoms with Gasteiger partial charge in [-0.15, -0.1) is 0 Å². The number of ether oxygens (including phenoxy) is 1. The van der Waals surface area contributed by atoms with Crippen molar-refractivity contribution in [3.8, 4) is 0 Å². The molecule has 102 valence electrons. The summed E-state index contributed by atoms with van der Waals surface area (Å²) >= 11 is 0. The lowest BCUT2D eigenvalue weighted by Crippen LogP contribution is -2.58. The number of aliphatic carboxylic acids is 1. The number of carbonyl (C=O) groups is 2. The largest absolute Gasteiger partial charge is 0.480 e. The quantitative estimate of drug-likeness (QED) is 0.730. The SMILES string of the molecule is COC1(CC(=O)N2CCNCC2C(=O)O)CCC1. The fourth-order valence-electron chi connectivity index (χ4n) is 2.62. The van der Waals surface area contributed by atoms with Gasteiger partial charge in [0, 0.05) is 26.7 Å². The zero-order chi connectivity index (χ0) is 13.2. The molecular weight excluding hydrogens is 236 g/mol. The van der Waals surface area contributed by atoms with Crippen molar-refractivity contribution in [2.24, 2.45) is 0 Å². The van der Waals surface area contributed by atoms with Gasteiger partial charge in [-0.3, -0.25) is 4.79 Å². The Morgan fingerprint density at radius 2 is 2.22 bits per heavy atom. The molecular formula is C12H20N2O4. The molecule has 1 aliphatic heterocycles. The van der Waals surface area contributed by atoms with Crippen molar-refractivity contribution in [2.75, 3.05) is 26.7 Å². The smallest absolute Gasteiger partial charge is 0.327 e. The third-order valence-corrected chi connectivity index (χ3v) is 4.02. The van der Waals surface area contributed by atoms with E-state index in [9.17, 15) is 9.59 Å². The molecule has 1 unspecified atom stereocenters. The van der Waals surface area contributed by atoms with Crippen molar-refractivity contribution < 1.29 is 19.4 Å². The summed E-state index contributed by atoms with van der Waals surface area (Å²) in [6.07, 6.45) is 3.15. The van der Waals surface area contributed by atoms with Crippen LogP contribution in [-0.2, 0) is 14.3 Å². The topological polar surface area (TPSA) is 78.9 Å². The second-order valence-corrected chi connectivity index (χ2v) is 5.06. The van der Waals surface area contributed by atoms with E-state index in [-0.39, 0.29) is 11.5 Å². The molecule has 0 aromatic rings. The summed E-state index contributed by atoms with van der Waals surface area (Å²) in [5, 5.41) is 12.1. The first-order chi connectivity index (χ1) is 8.58. The maximum Gasteiger partial charge on any atom is 0.327 e. The molecule has 1 atom stereocenters. The highest BCUT2D eigenvalue weighted by Gasteiger charge is 2.42. The number of nitrogens with one attached hydrogen (secondary N) is 1. The van der Waals surface area contributed by atoms with Gasteiger partial charge in [-0.1, -0.05) is 0 Å². The Kier molecular flexibility index (Phi) is 3.87. The van der Waals surface area contributed by atoms with Gasteiger partial charge in [-0.05, 0) is 19.3 Å². The Balaban J connectivity index is 2.00. The van der Waals surface area contributed by atoms with Crippen LogP contribution in [-0.4, -0.2) is 60.3 Å². The van der Waals surface area contributed by atoms with Crippen LogP contribution >= 0.6 is 0 Å². The molecule has 2 aliphatic rings. The van der Waals surface area contributed by atoms with E-state index in [0.29, 0.717) is 26.1 Å². The van der Waals surface area contributed by atoms with Crippen molar-refractivity contribution in [3.63, 3.8) is 0 Å². The zero-order valence-corrected chi connectivity index (χ0v) is 10.6. The minimum Gasteiger partial charge on any atom is -0.480 e. The molecule has 0 aromatic carbocycles. The molecule has 6 heteroatoms. The average Bonchev–Trinajstić information content (AvgIpc) is 2.33.